The third-order valence-electron chi connectivity index (χ3n) is 2.97. The van der Waals surface area contributed by atoms with Crippen molar-refractivity contribution < 1.29 is 5.11 Å². The van der Waals surface area contributed by atoms with E-state index < -0.39 is 5.60 Å². The summed E-state index contributed by atoms with van der Waals surface area (Å²) in [6, 6.07) is 2.04. The molecule has 0 saturated carbocycles. The van der Waals surface area contributed by atoms with Gasteiger partial charge in [-0.2, -0.15) is 11.8 Å². The molecule has 0 aromatic carbocycles. The molecule has 1 aliphatic rings. The third-order valence-corrected chi connectivity index (χ3v) is 5.13. The average molecular weight is 316 g/mol. The van der Waals surface area contributed by atoms with E-state index in [0.717, 1.165) is 28.0 Å². The molecule has 2 heterocycles. The molecular formula is C13H18BrNOS. The van der Waals surface area contributed by atoms with E-state index in [1.54, 1.807) is 6.20 Å². The molecule has 17 heavy (non-hydrogen) atoms. The number of hydrogen-bond acceptors (Lipinski definition) is 3. The van der Waals surface area contributed by atoms with Crippen LogP contribution in [-0.4, -0.2) is 27.2 Å². The summed E-state index contributed by atoms with van der Waals surface area (Å²) in [7, 11) is 0. The Morgan fingerprint density at radius 2 is 2.18 bits per heavy atom. The fourth-order valence-electron chi connectivity index (χ4n) is 2.56. The second kappa shape index (κ2) is 4.90. The second-order valence-electron chi connectivity index (χ2n) is 5.75. The van der Waals surface area contributed by atoms with Crippen LogP contribution in [0.25, 0.3) is 0 Å². The molecule has 0 amide bonds. The minimum atomic E-state index is -0.588. The number of aliphatic hydroxyl groups is 1. The molecule has 94 valence electrons. The van der Waals surface area contributed by atoms with Gasteiger partial charge in [-0.05, 0) is 45.1 Å². The van der Waals surface area contributed by atoms with Gasteiger partial charge in [0.2, 0.25) is 0 Å². The second-order valence-corrected chi connectivity index (χ2v) is 7.65. The monoisotopic (exact) mass is 315 g/mol. The van der Waals surface area contributed by atoms with Crippen LogP contribution in [-0.2, 0) is 6.42 Å². The van der Waals surface area contributed by atoms with Crippen molar-refractivity contribution in [2.75, 3.05) is 11.5 Å². The highest BCUT2D eigenvalue weighted by molar-refractivity contribution is 9.10. The Labute approximate surface area is 115 Å². The van der Waals surface area contributed by atoms with Crippen LogP contribution in [0.2, 0.25) is 0 Å². The lowest BCUT2D eigenvalue weighted by atomic mass is 9.79. The first-order valence-electron chi connectivity index (χ1n) is 5.78. The zero-order valence-electron chi connectivity index (χ0n) is 10.2. The van der Waals surface area contributed by atoms with E-state index in [1.807, 2.05) is 24.0 Å². The maximum Gasteiger partial charge on any atom is 0.0783 e. The maximum absolute atomic E-state index is 10.7. The summed E-state index contributed by atoms with van der Waals surface area (Å²) in [4.78, 5) is 4.15. The molecule has 0 spiro atoms. The number of pyridine rings is 1. The molecule has 0 aliphatic carbocycles. The molecule has 0 radical (unpaired) electrons. The smallest absolute Gasteiger partial charge is 0.0783 e. The zero-order chi connectivity index (χ0) is 12.5. The van der Waals surface area contributed by atoms with Crippen molar-refractivity contribution in [2.45, 2.75) is 32.3 Å². The van der Waals surface area contributed by atoms with E-state index in [2.05, 4.69) is 34.8 Å². The van der Waals surface area contributed by atoms with Crippen LogP contribution in [0.1, 0.15) is 25.8 Å². The highest BCUT2D eigenvalue weighted by atomic mass is 79.9. The van der Waals surface area contributed by atoms with Gasteiger partial charge in [-0.15, -0.1) is 0 Å². The molecular weight excluding hydrogens is 298 g/mol. The summed E-state index contributed by atoms with van der Waals surface area (Å²) in [5.41, 5.74) is 0.728. The number of rotatable bonds is 2. The molecule has 2 nitrogen and oxygen atoms in total. The Hall–Kier alpha value is -0.0600. The van der Waals surface area contributed by atoms with E-state index in [1.165, 1.54) is 0 Å². The Balaban J connectivity index is 2.12. The van der Waals surface area contributed by atoms with Crippen LogP contribution in [0, 0.1) is 5.41 Å². The molecule has 2 rings (SSSR count). The summed E-state index contributed by atoms with van der Waals surface area (Å²) in [6.07, 6.45) is 5.16. The molecule has 4 heteroatoms. The molecule has 1 aromatic rings. The molecule has 1 saturated heterocycles. The average Bonchev–Trinajstić information content (AvgIpc) is 2.14. The quantitative estimate of drug-likeness (QED) is 0.909. The molecule has 1 unspecified atom stereocenters. The number of aromatic nitrogens is 1. The predicted molar refractivity (Wildman–Crippen MR) is 76.3 cm³/mol. The van der Waals surface area contributed by atoms with Gasteiger partial charge in [-0.3, -0.25) is 4.98 Å². The first kappa shape index (κ1) is 13.4. The number of hydrogen-bond donors (Lipinski definition) is 1. The molecule has 1 fully saturated rings. The summed E-state index contributed by atoms with van der Waals surface area (Å²) in [5, 5.41) is 10.7. The van der Waals surface area contributed by atoms with Gasteiger partial charge in [0.05, 0.1) is 5.60 Å². The van der Waals surface area contributed by atoms with Gasteiger partial charge in [0.25, 0.3) is 0 Å². The lowest BCUT2D eigenvalue weighted by molar-refractivity contribution is 0.0199. The van der Waals surface area contributed by atoms with Gasteiger partial charge in [0, 0.05) is 29.0 Å². The van der Waals surface area contributed by atoms with Crippen molar-refractivity contribution in [2.24, 2.45) is 5.41 Å². The SMILES string of the molecule is CC1(C)CSCC(O)(Cc2cncc(Br)c2)C1. The van der Waals surface area contributed by atoms with Gasteiger partial charge in [0.15, 0.2) is 0 Å². The summed E-state index contributed by atoms with van der Waals surface area (Å²) >= 11 is 5.27. The molecule has 1 aliphatic heterocycles. The van der Waals surface area contributed by atoms with E-state index in [0.29, 0.717) is 6.42 Å². The highest BCUT2D eigenvalue weighted by Gasteiger charge is 2.38. The van der Waals surface area contributed by atoms with Gasteiger partial charge in [0.1, 0.15) is 0 Å². The Bertz CT molecular complexity index is 410. The van der Waals surface area contributed by atoms with Crippen LogP contribution < -0.4 is 0 Å². The zero-order valence-corrected chi connectivity index (χ0v) is 12.6. The van der Waals surface area contributed by atoms with Crippen molar-refractivity contribution in [3.63, 3.8) is 0 Å². The first-order valence-corrected chi connectivity index (χ1v) is 7.73. The standard InChI is InChI=1S/C13H18BrNOS/c1-12(2)7-13(16,9-17-8-12)4-10-3-11(14)6-15-5-10/h3,5-6,16H,4,7-9H2,1-2H3. The van der Waals surface area contributed by atoms with Gasteiger partial charge >= 0.3 is 0 Å². The number of halogens is 1. The van der Waals surface area contributed by atoms with Gasteiger partial charge in [-0.25, -0.2) is 0 Å². The fraction of sp³-hybridized carbons (Fsp3) is 0.615. The Morgan fingerprint density at radius 3 is 2.82 bits per heavy atom. The molecule has 0 bridgehead atoms. The van der Waals surface area contributed by atoms with E-state index in [-0.39, 0.29) is 5.41 Å². The Morgan fingerprint density at radius 1 is 1.41 bits per heavy atom. The van der Waals surface area contributed by atoms with E-state index in [9.17, 15) is 5.11 Å². The van der Waals surface area contributed by atoms with Crippen LogP contribution in [0.4, 0.5) is 0 Å². The summed E-state index contributed by atoms with van der Waals surface area (Å²) < 4.78 is 0.973. The minimum absolute atomic E-state index is 0.219. The first-order chi connectivity index (χ1) is 7.89. The van der Waals surface area contributed by atoms with Crippen LogP contribution in [0.3, 0.4) is 0 Å². The summed E-state index contributed by atoms with van der Waals surface area (Å²) in [5.74, 6) is 1.95. The van der Waals surface area contributed by atoms with Crippen molar-refractivity contribution >= 4 is 27.7 Å². The largest absolute Gasteiger partial charge is 0.389 e. The highest BCUT2D eigenvalue weighted by Crippen LogP contribution is 2.40. The normalized spacial score (nSPS) is 28.0. The van der Waals surface area contributed by atoms with E-state index >= 15 is 0 Å². The Kier molecular flexibility index (Phi) is 3.86. The summed E-state index contributed by atoms with van der Waals surface area (Å²) in [6.45, 7) is 4.45. The number of nitrogens with zero attached hydrogens (tertiary/aromatic N) is 1. The van der Waals surface area contributed by atoms with E-state index in [4.69, 9.17) is 0 Å². The number of thioether (sulfide) groups is 1. The van der Waals surface area contributed by atoms with Crippen molar-refractivity contribution in [3.8, 4) is 0 Å². The predicted octanol–water partition coefficient (Wildman–Crippen LogP) is 3.28. The van der Waals surface area contributed by atoms with Crippen LogP contribution in [0.15, 0.2) is 22.9 Å². The molecule has 1 N–H and O–H groups in total. The van der Waals surface area contributed by atoms with Gasteiger partial charge in [-0.1, -0.05) is 13.8 Å². The third kappa shape index (κ3) is 3.70. The molecule has 1 aromatic heterocycles. The molecule has 1 atom stereocenters. The maximum atomic E-state index is 10.7. The topological polar surface area (TPSA) is 33.1 Å². The van der Waals surface area contributed by atoms with Crippen molar-refractivity contribution in [1.82, 2.24) is 4.98 Å². The van der Waals surface area contributed by atoms with Gasteiger partial charge < -0.3 is 5.11 Å². The van der Waals surface area contributed by atoms with Crippen molar-refractivity contribution in [1.29, 1.82) is 0 Å². The lowest BCUT2D eigenvalue weighted by Crippen LogP contribution is -2.44. The minimum Gasteiger partial charge on any atom is -0.389 e. The van der Waals surface area contributed by atoms with Crippen LogP contribution in [0.5, 0.6) is 0 Å². The fourth-order valence-corrected chi connectivity index (χ4v) is 4.31. The lowest BCUT2D eigenvalue weighted by Gasteiger charge is -2.41. The van der Waals surface area contributed by atoms with Crippen LogP contribution >= 0.6 is 27.7 Å². The van der Waals surface area contributed by atoms with Crippen molar-refractivity contribution in [3.05, 3.63) is 28.5 Å².